The number of benzene rings is 1. The number of amides is 2. The van der Waals surface area contributed by atoms with Crippen molar-refractivity contribution in [3.8, 4) is 0 Å². The van der Waals surface area contributed by atoms with Crippen molar-refractivity contribution < 1.29 is 19.1 Å². The molecule has 0 radical (unpaired) electrons. The van der Waals surface area contributed by atoms with Crippen LogP contribution >= 0.6 is 0 Å². The number of aryl methyl sites for hydroxylation is 2. The molecule has 2 aliphatic heterocycles. The number of carbonyl (C=O) groups excluding carboxylic acids is 2. The third kappa shape index (κ3) is 3.70. The van der Waals surface area contributed by atoms with E-state index >= 15 is 0 Å². The topological polar surface area (TPSA) is 59.1 Å². The van der Waals surface area contributed by atoms with E-state index < -0.39 is 5.79 Å². The van der Waals surface area contributed by atoms with Gasteiger partial charge in [0, 0.05) is 32.9 Å². The van der Waals surface area contributed by atoms with E-state index in [1.807, 2.05) is 32.0 Å². The lowest BCUT2D eigenvalue weighted by molar-refractivity contribution is -0.187. The van der Waals surface area contributed by atoms with Gasteiger partial charge in [0.1, 0.15) is 6.54 Å². The largest absolute Gasteiger partial charge is 0.347 e. The minimum Gasteiger partial charge on any atom is -0.347 e. The molecular weight excluding hydrogens is 320 g/mol. The fourth-order valence-electron chi connectivity index (χ4n) is 3.70. The van der Waals surface area contributed by atoms with Gasteiger partial charge >= 0.3 is 0 Å². The van der Waals surface area contributed by atoms with Gasteiger partial charge in [-0.2, -0.15) is 0 Å². The Balaban J connectivity index is 1.69. The number of likely N-dealkylation sites (tertiary alicyclic amines) is 1. The van der Waals surface area contributed by atoms with Crippen LogP contribution in [0, 0.1) is 13.8 Å². The Morgan fingerprint density at radius 3 is 2.20 bits per heavy atom. The van der Waals surface area contributed by atoms with Gasteiger partial charge in [-0.15, -0.1) is 0 Å². The van der Waals surface area contributed by atoms with Crippen molar-refractivity contribution in [2.75, 3.05) is 37.7 Å². The average Bonchev–Trinajstić information content (AvgIpc) is 3.02. The highest BCUT2D eigenvalue weighted by molar-refractivity contribution is 5.98. The summed E-state index contributed by atoms with van der Waals surface area (Å²) in [5.41, 5.74) is 2.82. The maximum absolute atomic E-state index is 12.8. The van der Waals surface area contributed by atoms with Crippen LogP contribution in [0.5, 0.6) is 0 Å². The normalized spacial score (nSPS) is 19.2. The monoisotopic (exact) mass is 346 g/mol. The number of anilines is 1. The summed E-state index contributed by atoms with van der Waals surface area (Å²) in [5.74, 6) is -0.656. The fourth-order valence-corrected chi connectivity index (χ4v) is 3.70. The predicted molar refractivity (Wildman–Crippen MR) is 94.4 cm³/mol. The summed E-state index contributed by atoms with van der Waals surface area (Å²) in [6.45, 7) is 7.93. The summed E-state index contributed by atoms with van der Waals surface area (Å²) < 4.78 is 11.4. The van der Waals surface area contributed by atoms with Gasteiger partial charge in [-0.3, -0.25) is 9.59 Å². The van der Waals surface area contributed by atoms with Crippen molar-refractivity contribution >= 4 is 17.5 Å². The van der Waals surface area contributed by atoms with E-state index in [2.05, 4.69) is 0 Å². The molecule has 1 aromatic rings. The Morgan fingerprint density at radius 2 is 1.68 bits per heavy atom. The molecule has 6 nitrogen and oxygen atoms in total. The molecule has 2 fully saturated rings. The van der Waals surface area contributed by atoms with E-state index in [0.717, 1.165) is 16.8 Å². The number of carbonyl (C=O) groups is 2. The molecule has 0 unspecified atom stereocenters. The Bertz CT molecular complexity index is 637. The fraction of sp³-hybridized carbons (Fsp3) is 0.579. The first-order valence-corrected chi connectivity index (χ1v) is 8.82. The van der Waals surface area contributed by atoms with E-state index in [-0.39, 0.29) is 18.4 Å². The lowest BCUT2D eigenvalue weighted by Crippen LogP contribution is -2.50. The quantitative estimate of drug-likeness (QED) is 0.840. The molecule has 25 heavy (non-hydrogen) atoms. The van der Waals surface area contributed by atoms with E-state index in [1.165, 1.54) is 6.92 Å². The van der Waals surface area contributed by atoms with E-state index in [0.29, 0.717) is 39.1 Å². The average molecular weight is 346 g/mol. The van der Waals surface area contributed by atoms with E-state index in [9.17, 15) is 9.59 Å². The highest BCUT2D eigenvalue weighted by Gasteiger charge is 2.41. The van der Waals surface area contributed by atoms with Crippen LogP contribution < -0.4 is 4.90 Å². The zero-order valence-electron chi connectivity index (χ0n) is 15.2. The zero-order valence-corrected chi connectivity index (χ0v) is 15.2. The number of hydrogen-bond donors (Lipinski definition) is 0. The number of para-hydroxylation sites is 1. The second-order valence-electron chi connectivity index (χ2n) is 6.83. The molecule has 0 saturated carbocycles. The molecule has 0 N–H and O–H groups in total. The Kier molecular flexibility index (Phi) is 5.11. The van der Waals surface area contributed by atoms with Crippen LogP contribution in [0.2, 0.25) is 0 Å². The maximum Gasteiger partial charge on any atom is 0.242 e. The maximum atomic E-state index is 12.8. The highest BCUT2D eigenvalue weighted by Crippen LogP contribution is 2.31. The Hall–Kier alpha value is -1.92. The van der Waals surface area contributed by atoms with Crippen molar-refractivity contribution in [3.63, 3.8) is 0 Å². The molecule has 2 saturated heterocycles. The van der Waals surface area contributed by atoms with E-state index in [4.69, 9.17) is 9.47 Å². The summed E-state index contributed by atoms with van der Waals surface area (Å²) in [4.78, 5) is 28.3. The molecular formula is C19H26N2O4. The number of piperidine rings is 1. The van der Waals surface area contributed by atoms with Crippen LogP contribution in [0.25, 0.3) is 0 Å². The first-order valence-electron chi connectivity index (χ1n) is 8.82. The van der Waals surface area contributed by atoms with Crippen LogP contribution in [-0.2, 0) is 19.1 Å². The first-order chi connectivity index (χ1) is 11.9. The molecule has 136 valence electrons. The third-order valence-corrected chi connectivity index (χ3v) is 5.07. The zero-order chi connectivity index (χ0) is 18.0. The predicted octanol–water partition coefficient (Wildman–Crippen LogP) is 2.02. The number of rotatable bonds is 3. The standard InChI is InChI=1S/C19H26N2O4/c1-14-5-4-6-15(2)18(14)21(16(3)22)13-17(23)20-9-7-19(8-10-20)24-11-12-25-19/h4-6H,7-13H2,1-3H3. The smallest absolute Gasteiger partial charge is 0.242 e. The molecule has 2 amide bonds. The Labute approximate surface area is 148 Å². The molecule has 3 rings (SSSR count). The SMILES string of the molecule is CC(=O)N(CC(=O)N1CCC2(CC1)OCCO2)c1c(C)cccc1C. The van der Waals surface area contributed by atoms with Crippen LogP contribution in [0.4, 0.5) is 5.69 Å². The molecule has 1 spiro atoms. The van der Waals surface area contributed by atoms with Crippen molar-refractivity contribution in [2.24, 2.45) is 0 Å². The van der Waals surface area contributed by atoms with Gasteiger partial charge in [0.2, 0.25) is 11.8 Å². The minimum atomic E-state index is -0.496. The van der Waals surface area contributed by atoms with Gasteiger partial charge in [0.05, 0.1) is 18.9 Å². The molecule has 1 aromatic carbocycles. The summed E-state index contributed by atoms with van der Waals surface area (Å²) in [7, 11) is 0. The minimum absolute atomic E-state index is 0.0364. The third-order valence-electron chi connectivity index (χ3n) is 5.07. The van der Waals surface area contributed by atoms with Crippen LogP contribution in [0.3, 0.4) is 0 Å². The lowest BCUT2D eigenvalue weighted by Gasteiger charge is -2.38. The van der Waals surface area contributed by atoms with Gasteiger partial charge in [0.25, 0.3) is 0 Å². The van der Waals surface area contributed by atoms with Crippen molar-refractivity contribution in [1.82, 2.24) is 4.90 Å². The van der Waals surface area contributed by atoms with Gasteiger partial charge in [-0.25, -0.2) is 0 Å². The number of ether oxygens (including phenoxy) is 2. The molecule has 0 aromatic heterocycles. The molecule has 2 aliphatic rings. The number of nitrogens with zero attached hydrogens (tertiary/aromatic N) is 2. The van der Waals surface area contributed by atoms with Crippen molar-refractivity contribution in [1.29, 1.82) is 0 Å². The molecule has 0 bridgehead atoms. The second kappa shape index (κ2) is 7.14. The van der Waals surface area contributed by atoms with Crippen molar-refractivity contribution in [2.45, 2.75) is 39.4 Å². The summed E-state index contributed by atoms with van der Waals surface area (Å²) >= 11 is 0. The van der Waals surface area contributed by atoms with Gasteiger partial charge < -0.3 is 19.3 Å². The number of hydrogen-bond acceptors (Lipinski definition) is 4. The summed E-state index contributed by atoms with van der Waals surface area (Å²) in [5, 5.41) is 0. The summed E-state index contributed by atoms with van der Waals surface area (Å²) in [6.07, 6.45) is 1.37. The van der Waals surface area contributed by atoms with E-state index in [1.54, 1.807) is 9.80 Å². The lowest BCUT2D eigenvalue weighted by atomic mass is 10.0. The van der Waals surface area contributed by atoms with Gasteiger partial charge in [-0.1, -0.05) is 18.2 Å². The second-order valence-corrected chi connectivity index (χ2v) is 6.83. The summed E-state index contributed by atoms with van der Waals surface area (Å²) in [6, 6.07) is 5.88. The molecule has 6 heteroatoms. The molecule has 2 heterocycles. The highest BCUT2D eigenvalue weighted by atomic mass is 16.7. The van der Waals surface area contributed by atoms with Gasteiger partial charge in [0.15, 0.2) is 5.79 Å². The molecule has 0 atom stereocenters. The Morgan fingerprint density at radius 1 is 1.12 bits per heavy atom. The van der Waals surface area contributed by atoms with Crippen LogP contribution in [0.1, 0.15) is 30.9 Å². The van der Waals surface area contributed by atoms with Gasteiger partial charge in [-0.05, 0) is 25.0 Å². The first kappa shape index (κ1) is 17.9. The van der Waals surface area contributed by atoms with Crippen LogP contribution in [-0.4, -0.2) is 55.3 Å². The van der Waals surface area contributed by atoms with Crippen LogP contribution in [0.15, 0.2) is 18.2 Å². The van der Waals surface area contributed by atoms with Crippen molar-refractivity contribution in [3.05, 3.63) is 29.3 Å². The molecule has 0 aliphatic carbocycles.